The quantitative estimate of drug-likeness (QED) is 0.360. The van der Waals surface area contributed by atoms with Gasteiger partial charge in [-0.1, -0.05) is 12.1 Å². The first-order valence-electron chi connectivity index (χ1n) is 10.5. The van der Waals surface area contributed by atoms with Crippen LogP contribution in [0, 0.1) is 0 Å². The molecule has 10 nitrogen and oxygen atoms in total. The first-order chi connectivity index (χ1) is 16.0. The van der Waals surface area contributed by atoms with Crippen LogP contribution in [0.5, 0.6) is 11.5 Å². The summed E-state index contributed by atoms with van der Waals surface area (Å²) in [6.07, 6.45) is -0.541. The molecule has 0 saturated heterocycles. The van der Waals surface area contributed by atoms with E-state index in [1.807, 2.05) is 0 Å². The van der Waals surface area contributed by atoms with Crippen molar-refractivity contribution in [1.82, 2.24) is 5.32 Å². The highest BCUT2D eigenvalue weighted by molar-refractivity contribution is 6.30. The van der Waals surface area contributed by atoms with Crippen LogP contribution in [0.25, 0.3) is 0 Å². The van der Waals surface area contributed by atoms with Crippen molar-refractivity contribution in [1.29, 1.82) is 0 Å². The van der Waals surface area contributed by atoms with Gasteiger partial charge in [-0.2, -0.15) is 0 Å². The van der Waals surface area contributed by atoms with Gasteiger partial charge in [0.2, 0.25) is 11.7 Å². The lowest BCUT2D eigenvalue weighted by molar-refractivity contribution is -0.145. The molecule has 3 rings (SSSR count). The first-order valence-corrected chi connectivity index (χ1v) is 10.5. The van der Waals surface area contributed by atoms with Gasteiger partial charge >= 0.3 is 11.9 Å². The van der Waals surface area contributed by atoms with E-state index in [0.717, 1.165) is 6.92 Å². The maximum Gasteiger partial charge on any atom is 0.326 e. The van der Waals surface area contributed by atoms with Gasteiger partial charge in [0.15, 0.2) is 5.78 Å². The van der Waals surface area contributed by atoms with Crippen molar-refractivity contribution < 1.29 is 44.0 Å². The summed E-state index contributed by atoms with van der Waals surface area (Å²) in [4.78, 5) is 61.4. The van der Waals surface area contributed by atoms with Crippen LogP contribution in [0.2, 0.25) is 0 Å². The minimum atomic E-state index is -1.36. The third kappa shape index (κ3) is 4.75. The molecule has 178 valence electrons. The summed E-state index contributed by atoms with van der Waals surface area (Å²) in [6, 6.07) is 5.16. The summed E-state index contributed by atoms with van der Waals surface area (Å²) in [5.41, 5.74) is -0.487. The highest BCUT2D eigenvalue weighted by Gasteiger charge is 2.36. The van der Waals surface area contributed by atoms with Crippen LogP contribution in [0.3, 0.4) is 0 Å². The second-order valence-corrected chi connectivity index (χ2v) is 7.85. The molecule has 0 fully saturated rings. The van der Waals surface area contributed by atoms with Gasteiger partial charge in [-0.3, -0.25) is 19.2 Å². The average molecular weight is 469 g/mol. The molecule has 2 unspecified atom stereocenters. The van der Waals surface area contributed by atoms with Crippen molar-refractivity contribution in [3.05, 3.63) is 58.1 Å². The van der Waals surface area contributed by atoms with Gasteiger partial charge in [-0.15, -0.1) is 0 Å². The molecule has 0 bridgehead atoms. The molecule has 0 aromatic heterocycles. The predicted octanol–water partition coefficient (Wildman–Crippen LogP) is 1.89. The molecule has 2 atom stereocenters. The zero-order chi connectivity index (χ0) is 25.2. The molecule has 0 saturated carbocycles. The van der Waals surface area contributed by atoms with E-state index in [4.69, 9.17) is 4.74 Å². The number of aliphatic carboxylic acids is 1. The predicted molar refractivity (Wildman–Crippen MR) is 117 cm³/mol. The number of carbonyl (C=O) groups is 5. The van der Waals surface area contributed by atoms with E-state index < -0.39 is 52.9 Å². The van der Waals surface area contributed by atoms with Gasteiger partial charge in [0.05, 0.1) is 24.2 Å². The minimum Gasteiger partial charge on any atom is -0.507 e. The Labute approximate surface area is 194 Å². The third-order valence-electron chi connectivity index (χ3n) is 5.51. The van der Waals surface area contributed by atoms with Gasteiger partial charge in [0.1, 0.15) is 17.5 Å². The summed E-state index contributed by atoms with van der Waals surface area (Å²) in [7, 11) is 0. The number of phenols is 2. The number of hydrogen-bond acceptors (Lipinski definition) is 8. The number of benzene rings is 2. The summed E-state index contributed by atoms with van der Waals surface area (Å²) in [6.45, 7) is 2.84. The molecular formula is C24H23NO9. The standard InChI is InChI=1S/C24H23NO9/c1-3-34-19(29)10-13(8-16(24(32)33)25-11(2)26)12-7-15-21(18(28)9-12)23(31)20-14(22(15)30)5-4-6-17(20)27/h4-7,9,13,16,27-28H,3,8,10H2,1-2H3,(H,25,26)(H,32,33). The molecule has 4 N–H and O–H groups in total. The first kappa shape index (κ1) is 24.4. The average Bonchev–Trinajstić information content (AvgIpc) is 2.75. The highest BCUT2D eigenvalue weighted by Crippen LogP contribution is 2.39. The largest absolute Gasteiger partial charge is 0.507 e. The van der Waals surface area contributed by atoms with Gasteiger partial charge in [-0.05, 0) is 43.0 Å². The number of fused-ring (bicyclic) bond motifs is 2. The van der Waals surface area contributed by atoms with Crippen LogP contribution < -0.4 is 5.32 Å². The summed E-state index contributed by atoms with van der Waals surface area (Å²) in [5, 5.41) is 32.5. The van der Waals surface area contributed by atoms with Gasteiger partial charge in [0.25, 0.3) is 0 Å². The van der Waals surface area contributed by atoms with Crippen molar-refractivity contribution in [2.75, 3.05) is 6.61 Å². The number of ether oxygens (including phenoxy) is 1. The molecule has 0 aliphatic heterocycles. The van der Waals surface area contributed by atoms with E-state index in [2.05, 4.69) is 5.32 Å². The maximum atomic E-state index is 13.1. The molecule has 0 heterocycles. The number of esters is 1. The van der Waals surface area contributed by atoms with E-state index in [0.29, 0.717) is 0 Å². The van der Waals surface area contributed by atoms with Crippen LogP contribution in [-0.4, -0.2) is 57.4 Å². The van der Waals surface area contributed by atoms with E-state index >= 15 is 0 Å². The molecule has 34 heavy (non-hydrogen) atoms. The summed E-state index contributed by atoms with van der Waals surface area (Å²) in [5.74, 6) is -5.76. The molecule has 0 radical (unpaired) electrons. The Bertz CT molecular complexity index is 1200. The van der Waals surface area contributed by atoms with Crippen molar-refractivity contribution in [2.45, 2.75) is 38.6 Å². The van der Waals surface area contributed by atoms with Crippen molar-refractivity contribution >= 4 is 29.4 Å². The highest BCUT2D eigenvalue weighted by atomic mass is 16.5. The Morgan fingerprint density at radius 2 is 1.68 bits per heavy atom. The monoisotopic (exact) mass is 469 g/mol. The Hall–Kier alpha value is -4.21. The fourth-order valence-electron chi connectivity index (χ4n) is 4.05. The summed E-state index contributed by atoms with van der Waals surface area (Å²) < 4.78 is 4.97. The number of hydrogen-bond donors (Lipinski definition) is 4. The smallest absolute Gasteiger partial charge is 0.326 e. The third-order valence-corrected chi connectivity index (χ3v) is 5.51. The van der Waals surface area contributed by atoms with Crippen LogP contribution in [0.4, 0.5) is 0 Å². The molecule has 2 aromatic rings. The molecule has 1 aliphatic carbocycles. The van der Waals surface area contributed by atoms with Crippen LogP contribution >= 0.6 is 0 Å². The molecule has 1 aliphatic rings. The Morgan fingerprint density at radius 1 is 1.00 bits per heavy atom. The van der Waals surface area contributed by atoms with Crippen molar-refractivity contribution in [3.8, 4) is 11.5 Å². The van der Waals surface area contributed by atoms with E-state index in [1.165, 1.54) is 30.3 Å². The normalized spacial score (nSPS) is 13.9. The number of ketones is 2. The van der Waals surface area contributed by atoms with Gasteiger partial charge < -0.3 is 25.4 Å². The number of carboxylic acids is 1. The number of carbonyl (C=O) groups excluding carboxylic acids is 4. The second kappa shape index (κ2) is 9.74. The van der Waals surface area contributed by atoms with Crippen LogP contribution in [0.15, 0.2) is 30.3 Å². The van der Waals surface area contributed by atoms with Gasteiger partial charge in [-0.25, -0.2) is 4.79 Å². The number of rotatable bonds is 8. The zero-order valence-corrected chi connectivity index (χ0v) is 18.5. The fourth-order valence-corrected chi connectivity index (χ4v) is 4.05. The van der Waals surface area contributed by atoms with Crippen LogP contribution in [-0.2, 0) is 19.1 Å². The topological polar surface area (TPSA) is 167 Å². The lowest BCUT2D eigenvalue weighted by Gasteiger charge is -2.24. The Morgan fingerprint density at radius 3 is 2.29 bits per heavy atom. The van der Waals surface area contributed by atoms with Crippen LogP contribution in [0.1, 0.15) is 70.0 Å². The fraction of sp³-hybridized carbons (Fsp3) is 0.292. The van der Waals surface area contributed by atoms with E-state index in [9.17, 15) is 39.3 Å². The maximum absolute atomic E-state index is 13.1. The number of carboxylic acid groups (broad SMARTS) is 1. The number of phenolic OH excluding ortho intramolecular Hbond substituents is 2. The number of amides is 1. The molecule has 1 amide bonds. The van der Waals surface area contributed by atoms with Gasteiger partial charge in [0, 0.05) is 18.1 Å². The Kier molecular flexibility index (Phi) is 7.00. The lowest BCUT2D eigenvalue weighted by Crippen LogP contribution is -2.41. The Balaban J connectivity index is 2.09. The van der Waals surface area contributed by atoms with Crippen molar-refractivity contribution in [3.63, 3.8) is 0 Å². The molecule has 10 heteroatoms. The number of aromatic hydroxyl groups is 2. The van der Waals surface area contributed by atoms with E-state index in [1.54, 1.807) is 6.92 Å². The minimum absolute atomic E-state index is 0.0438. The molecular weight excluding hydrogens is 446 g/mol. The summed E-state index contributed by atoms with van der Waals surface area (Å²) >= 11 is 0. The zero-order valence-electron chi connectivity index (χ0n) is 18.5. The lowest BCUT2D eigenvalue weighted by atomic mass is 9.79. The van der Waals surface area contributed by atoms with E-state index in [-0.39, 0.29) is 47.3 Å². The van der Waals surface area contributed by atoms with Crippen molar-refractivity contribution in [2.24, 2.45) is 0 Å². The molecule has 2 aromatic carbocycles. The SMILES string of the molecule is CCOC(=O)CC(CC(NC(C)=O)C(=O)O)c1cc(O)c2c(c1)C(=O)c1cccc(O)c1C2=O. The second-order valence-electron chi connectivity index (χ2n) is 7.85. The molecule has 0 spiro atoms. The number of nitrogens with one attached hydrogen (secondary N) is 1.